The number of amides is 1. The second kappa shape index (κ2) is 10.8. The van der Waals surface area contributed by atoms with Crippen LogP contribution in [0.15, 0.2) is 59.5 Å². The summed E-state index contributed by atoms with van der Waals surface area (Å²) >= 11 is 0. The van der Waals surface area contributed by atoms with Crippen LogP contribution in [0.1, 0.15) is 55.0 Å². The minimum Gasteiger partial charge on any atom is -0.496 e. The van der Waals surface area contributed by atoms with Crippen LogP contribution in [0.2, 0.25) is 0 Å². The number of hydrogen-bond donors (Lipinski definition) is 0. The smallest absolute Gasteiger partial charge is 0.416 e. The van der Waals surface area contributed by atoms with Crippen molar-refractivity contribution in [3.63, 3.8) is 0 Å². The van der Waals surface area contributed by atoms with Gasteiger partial charge < -0.3 is 9.47 Å². The van der Waals surface area contributed by atoms with E-state index in [4.69, 9.17) is 9.47 Å². The first kappa shape index (κ1) is 29.4. The Morgan fingerprint density at radius 3 is 2.35 bits per heavy atom. The molecule has 3 aromatic carbocycles. The maximum absolute atomic E-state index is 14.7. The van der Waals surface area contributed by atoms with Crippen molar-refractivity contribution in [2.45, 2.75) is 56.5 Å². The number of rotatable bonds is 7. The summed E-state index contributed by atoms with van der Waals surface area (Å²) in [7, 11) is -2.18. The zero-order chi connectivity index (χ0) is 29.6. The summed E-state index contributed by atoms with van der Waals surface area (Å²) in [6.07, 6.45) is -5.20. The van der Waals surface area contributed by atoms with Crippen LogP contribution in [-0.4, -0.2) is 38.8 Å². The first-order chi connectivity index (χ1) is 18.6. The van der Waals surface area contributed by atoms with Crippen LogP contribution in [-0.2, 0) is 27.3 Å². The van der Waals surface area contributed by atoms with Crippen LogP contribution < -0.4 is 4.74 Å². The van der Waals surface area contributed by atoms with Gasteiger partial charge in [-0.2, -0.15) is 13.2 Å². The molecule has 3 aromatic rings. The number of ether oxygens (including phenoxy) is 2. The van der Waals surface area contributed by atoms with Gasteiger partial charge in [0.05, 0.1) is 30.2 Å². The second-order valence-corrected chi connectivity index (χ2v) is 12.1. The molecule has 0 bridgehead atoms. The number of carbonyl (C=O) groups excluding carboxylic acids is 1. The molecule has 1 aliphatic heterocycles. The largest absolute Gasteiger partial charge is 0.496 e. The van der Waals surface area contributed by atoms with Gasteiger partial charge in [-0.1, -0.05) is 32.0 Å². The molecule has 0 radical (unpaired) electrons. The minimum atomic E-state index is -4.64. The fourth-order valence-corrected chi connectivity index (χ4v) is 5.50. The van der Waals surface area contributed by atoms with Gasteiger partial charge in [0, 0.05) is 17.9 Å². The van der Waals surface area contributed by atoms with E-state index in [9.17, 15) is 30.8 Å². The Morgan fingerprint density at radius 1 is 1.05 bits per heavy atom. The molecule has 0 unspecified atom stereocenters. The second-order valence-electron chi connectivity index (χ2n) is 10.1. The Kier molecular flexibility index (Phi) is 7.90. The number of halogens is 4. The summed E-state index contributed by atoms with van der Waals surface area (Å²) in [4.78, 5) is 14.3. The van der Waals surface area contributed by atoms with Crippen LogP contribution in [0.5, 0.6) is 5.75 Å². The molecule has 11 heteroatoms. The van der Waals surface area contributed by atoms with Crippen LogP contribution in [0.25, 0.3) is 11.1 Å². The summed E-state index contributed by atoms with van der Waals surface area (Å²) in [5.74, 6) is -0.574. The topological polar surface area (TPSA) is 72.9 Å². The molecular weight excluding hydrogens is 550 g/mol. The Balaban J connectivity index is 1.79. The summed E-state index contributed by atoms with van der Waals surface area (Å²) in [6, 6.07) is 11.3. The van der Waals surface area contributed by atoms with E-state index in [-0.39, 0.29) is 28.7 Å². The molecule has 0 saturated carbocycles. The molecule has 40 heavy (non-hydrogen) atoms. The number of cyclic esters (lactones) is 1. The van der Waals surface area contributed by atoms with Gasteiger partial charge in [-0.15, -0.1) is 0 Å². The fraction of sp³-hybridized carbons (Fsp3) is 0.345. The molecule has 1 fully saturated rings. The molecule has 0 aromatic heterocycles. The molecule has 1 amide bonds. The predicted molar refractivity (Wildman–Crippen MR) is 141 cm³/mol. The molecule has 0 spiro atoms. The average Bonchev–Trinajstić information content (AvgIpc) is 3.15. The fourth-order valence-electron chi connectivity index (χ4n) is 4.82. The Bertz CT molecular complexity index is 1550. The molecular formula is C29H29F4NO5S. The molecule has 0 aliphatic carbocycles. The van der Waals surface area contributed by atoms with E-state index < -0.39 is 45.6 Å². The highest BCUT2D eigenvalue weighted by Crippen LogP contribution is 2.41. The molecule has 2 atom stereocenters. The summed E-state index contributed by atoms with van der Waals surface area (Å²) in [6.45, 7) is 5.01. The van der Waals surface area contributed by atoms with Gasteiger partial charge in [0.2, 0.25) is 0 Å². The van der Waals surface area contributed by atoms with E-state index in [0.29, 0.717) is 22.3 Å². The standard InChI is InChI=1S/C29H29F4NO5S/c1-16(2)23-13-24(26(38-4)14-25(23)30)22-10-9-20(29(31,32)33)11-19(22)15-34-17(3)27(39-28(34)35)18-7-6-8-21(12-18)40(5,36)37/h6-14,16-17,27H,15H2,1-5H3/t17-,27+/m0/s1. The quantitative estimate of drug-likeness (QED) is 0.279. The van der Waals surface area contributed by atoms with Crippen LogP contribution in [0, 0.1) is 5.82 Å². The Hall–Kier alpha value is -3.60. The normalized spacial score (nSPS) is 17.9. The minimum absolute atomic E-state index is 0.0521. The van der Waals surface area contributed by atoms with Crippen molar-refractivity contribution < 1.29 is 40.2 Å². The van der Waals surface area contributed by atoms with Gasteiger partial charge in [0.15, 0.2) is 9.84 Å². The lowest BCUT2D eigenvalue weighted by molar-refractivity contribution is -0.137. The number of hydrogen-bond acceptors (Lipinski definition) is 5. The van der Waals surface area contributed by atoms with Crippen molar-refractivity contribution in [3.05, 3.63) is 82.7 Å². The van der Waals surface area contributed by atoms with Crippen molar-refractivity contribution in [3.8, 4) is 16.9 Å². The van der Waals surface area contributed by atoms with Gasteiger partial charge in [-0.3, -0.25) is 4.90 Å². The van der Waals surface area contributed by atoms with E-state index in [1.54, 1.807) is 32.9 Å². The number of carbonyl (C=O) groups is 1. The molecule has 6 nitrogen and oxygen atoms in total. The Labute approximate surface area is 230 Å². The lowest BCUT2D eigenvalue weighted by Crippen LogP contribution is -2.31. The van der Waals surface area contributed by atoms with Crippen LogP contribution in [0.4, 0.5) is 22.4 Å². The average molecular weight is 580 g/mol. The van der Waals surface area contributed by atoms with Crippen LogP contribution in [0.3, 0.4) is 0 Å². The number of sulfone groups is 1. The third kappa shape index (κ3) is 5.79. The number of alkyl halides is 3. The van der Waals surface area contributed by atoms with Crippen molar-refractivity contribution in [2.75, 3.05) is 13.4 Å². The monoisotopic (exact) mass is 579 g/mol. The van der Waals surface area contributed by atoms with Crippen molar-refractivity contribution >= 4 is 15.9 Å². The number of benzene rings is 3. The van der Waals surface area contributed by atoms with E-state index >= 15 is 0 Å². The summed E-state index contributed by atoms with van der Waals surface area (Å²) < 4.78 is 90.9. The zero-order valence-electron chi connectivity index (χ0n) is 22.5. The van der Waals surface area contributed by atoms with Crippen LogP contribution >= 0.6 is 0 Å². The van der Waals surface area contributed by atoms with E-state index in [1.165, 1.54) is 42.3 Å². The SMILES string of the molecule is COc1cc(F)c(C(C)C)cc1-c1ccc(C(F)(F)F)cc1CN1C(=O)O[C@@H](c2cccc(S(C)(=O)=O)c2)[C@@H]1C. The predicted octanol–water partition coefficient (Wildman–Crippen LogP) is 7.13. The molecule has 1 saturated heterocycles. The van der Waals surface area contributed by atoms with E-state index in [1.807, 2.05) is 0 Å². The highest BCUT2D eigenvalue weighted by atomic mass is 32.2. The lowest BCUT2D eigenvalue weighted by Gasteiger charge is -2.24. The molecule has 0 N–H and O–H groups in total. The first-order valence-corrected chi connectivity index (χ1v) is 14.4. The lowest BCUT2D eigenvalue weighted by atomic mass is 9.92. The number of nitrogens with zero attached hydrogens (tertiary/aromatic N) is 1. The highest BCUT2D eigenvalue weighted by Gasteiger charge is 2.41. The van der Waals surface area contributed by atoms with Gasteiger partial charge in [0.1, 0.15) is 17.7 Å². The summed E-state index contributed by atoms with van der Waals surface area (Å²) in [5, 5.41) is 0. The maximum Gasteiger partial charge on any atom is 0.416 e. The molecule has 214 valence electrons. The van der Waals surface area contributed by atoms with E-state index in [0.717, 1.165) is 18.4 Å². The maximum atomic E-state index is 14.7. The third-order valence-corrected chi connectivity index (χ3v) is 8.12. The number of methoxy groups -OCH3 is 1. The summed E-state index contributed by atoms with van der Waals surface area (Å²) in [5.41, 5.74) is 0.778. The zero-order valence-corrected chi connectivity index (χ0v) is 23.4. The van der Waals surface area contributed by atoms with Gasteiger partial charge in [0.25, 0.3) is 0 Å². The molecule has 1 heterocycles. The highest BCUT2D eigenvalue weighted by molar-refractivity contribution is 7.90. The van der Waals surface area contributed by atoms with Gasteiger partial charge in [-0.05, 0) is 65.4 Å². The first-order valence-electron chi connectivity index (χ1n) is 12.5. The van der Waals surface area contributed by atoms with Crippen molar-refractivity contribution in [1.82, 2.24) is 4.90 Å². The Morgan fingerprint density at radius 2 is 1.75 bits per heavy atom. The van der Waals surface area contributed by atoms with Gasteiger partial charge in [-0.25, -0.2) is 17.6 Å². The van der Waals surface area contributed by atoms with Gasteiger partial charge >= 0.3 is 12.3 Å². The van der Waals surface area contributed by atoms with Crippen molar-refractivity contribution in [1.29, 1.82) is 0 Å². The van der Waals surface area contributed by atoms with E-state index in [2.05, 4.69) is 0 Å². The molecule has 4 rings (SSSR count). The van der Waals surface area contributed by atoms with Crippen molar-refractivity contribution in [2.24, 2.45) is 0 Å². The third-order valence-electron chi connectivity index (χ3n) is 7.01. The molecule has 1 aliphatic rings.